The molecule has 0 aliphatic heterocycles. The topological polar surface area (TPSA) is 125 Å². The summed E-state index contributed by atoms with van der Waals surface area (Å²) in [6, 6.07) is 13.3. The fourth-order valence-corrected chi connectivity index (χ4v) is 3.97. The minimum Gasteiger partial charge on any atom is -0.394 e. The number of hydrogen-bond acceptors (Lipinski definition) is 7. The van der Waals surface area contributed by atoms with Crippen LogP contribution in [0.5, 0.6) is 0 Å². The molecule has 0 aliphatic carbocycles. The van der Waals surface area contributed by atoms with Gasteiger partial charge in [-0.3, -0.25) is 4.68 Å². The number of H-pyrrole nitrogens is 1. The summed E-state index contributed by atoms with van der Waals surface area (Å²) in [6.07, 6.45) is 7.28. The summed E-state index contributed by atoms with van der Waals surface area (Å²) in [5, 5.41) is 28.7. The van der Waals surface area contributed by atoms with Gasteiger partial charge in [-0.2, -0.15) is 5.10 Å². The number of nitrogens with zero attached hydrogens (tertiary/aromatic N) is 5. The van der Waals surface area contributed by atoms with E-state index >= 15 is 0 Å². The van der Waals surface area contributed by atoms with Crippen LogP contribution in [0.1, 0.15) is 18.2 Å². The Morgan fingerprint density at radius 1 is 1.09 bits per heavy atom. The van der Waals surface area contributed by atoms with Gasteiger partial charge >= 0.3 is 0 Å². The Morgan fingerprint density at radius 2 is 1.91 bits per heavy atom. The van der Waals surface area contributed by atoms with E-state index in [2.05, 4.69) is 30.4 Å². The molecule has 0 aliphatic rings. The van der Waals surface area contributed by atoms with E-state index in [9.17, 15) is 5.11 Å². The van der Waals surface area contributed by atoms with Gasteiger partial charge in [-0.1, -0.05) is 30.3 Å². The zero-order valence-corrected chi connectivity index (χ0v) is 18.9. The molecule has 9 heteroatoms. The summed E-state index contributed by atoms with van der Waals surface area (Å²) >= 11 is 0. The van der Waals surface area contributed by atoms with Crippen molar-refractivity contribution in [1.82, 2.24) is 29.7 Å². The highest BCUT2D eigenvalue weighted by atomic mass is 16.3. The highest BCUT2D eigenvalue weighted by molar-refractivity contribution is 5.95. The van der Waals surface area contributed by atoms with Crippen molar-refractivity contribution in [2.75, 3.05) is 19.0 Å². The lowest BCUT2D eigenvalue weighted by Crippen LogP contribution is -2.25. The second-order valence-corrected chi connectivity index (χ2v) is 8.19. The third-order valence-corrected chi connectivity index (χ3v) is 5.89. The van der Waals surface area contributed by atoms with E-state index in [1.165, 1.54) is 0 Å². The monoisotopic (exact) mass is 455 g/mol. The Balaban J connectivity index is 1.61. The molecule has 1 unspecified atom stereocenters. The number of hydrogen-bond donors (Lipinski definition) is 4. The molecule has 172 valence electrons. The molecule has 0 amide bonds. The van der Waals surface area contributed by atoms with E-state index in [1.807, 2.05) is 54.9 Å². The summed E-state index contributed by atoms with van der Waals surface area (Å²) in [5.41, 5.74) is 3.95. The van der Waals surface area contributed by atoms with Crippen LogP contribution in [0.4, 0.5) is 5.95 Å². The molecule has 4 aromatic heterocycles. The van der Waals surface area contributed by atoms with Crippen LogP contribution in [0.2, 0.25) is 0 Å². The van der Waals surface area contributed by atoms with Gasteiger partial charge in [-0.15, -0.1) is 0 Å². The molecule has 0 spiro atoms. The summed E-state index contributed by atoms with van der Waals surface area (Å²) in [4.78, 5) is 17.0. The van der Waals surface area contributed by atoms with E-state index in [1.54, 1.807) is 31.0 Å². The molecule has 0 saturated heterocycles. The van der Waals surface area contributed by atoms with Crippen LogP contribution in [0.3, 0.4) is 0 Å². The zero-order chi connectivity index (χ0) is 23.7. The first-order valence-electron chi connectivity index (χ1n) is 11.0. The van der Waals surface area contributed by atoms with Crippen LogP contribution in [-0.2, 0) is 12.1 Å². The number of anilines is 1. The van der Waals surface area contributed by atoms with Crippen LogP contribution in [-0.4, -0.2) is 53.6 Å². The predicted octanol–water partition coefficient (Wildman–Crippen LogP) is 3.17. The van der Waals surface area contributed by atoms with Crippen LogP contribution in [0.15, 0.2) is 67.3 Å². The molecule has 4 heterocycles. The van der Waals surface area contributed by atoms with Gasteiger partial charge in [-0.05, 0) is 24.6 Å². The second-order valence-electron chi connectivity index (χ2n) is 8.19. The number of fused-ring (bicyclic) bond motifs is 1. The highest BCUT2D eigenvalue weighted by Gasteiger charge is 2.29. The average Bonchev–Trinajstić information content (AvgIpc) is 3.51. The fraction of sp³-hybridized carbons (Fsp3) is 0.200. The molecule has 9 nitrogen and oxygen atoms in total. The minimum atomic E-state index is -1.30. The van der Waals surface area contributed by atoms with Gasteiger partial charge in [0.25, 0.3) is 0 Å². The van der Waals surface area contributed by atoms with Gasteiger partial charge in [-0.25, -0.2) is 15.0 Å². The van der Waals surface area contributed by atoms with E-state index < -0.39 is 5.60 Å². The lowest BCUT2D eigenvalue weighted by atomic mass is 9.91. The van der Waals surface area contributed by atoms with Gasteiger partial charge in [0.2, 0.25) is 5.95 Å². The zero-order valence-electron chi connectivity index (χ0n) is 18.9. The highest BCUT2D eigenvalue weighted by Crippen LogP contribution is 2.34. The maximum atomic E-state index is 11.4. The number of aliphatic hydroxyl groups excluding tert-OH is 1. The van der Waals surface area contributed by atoms with Crippen molar-refractivity contribution in [3.05, 3.63) is 78.5 Å². The smallest absolute Gasteiger partial charge is 0.223 e. The third-order valence-electron chi connectivity index (χ3n) is 5.89. The summed E-state index contributed by atoms with van der Waals surface area (Å²) in [5.74, 6) is 0.410. The van der Waals surface area contributed by atoms with Crippen LogP contribution < -0.4 is 5.32 Å². The summed E-state index contributed by atoms with van der Waals surface area (Å²) < 4.78 is 1.69. The Kier molecular flexibility index (Phi) is 5.56. The minimum absolute atomic E-state index is 0.0248. The number of nitrogens with one attached hydrogen (secondary N) is 2. The molecule has 0 bridgehead atoms. The molecular formula is C25H25N7O2. The Morgan fingerprint density at radius 3 is 2.68 bits per heavy atom. The number of benzene rings is 1. The maximum Gasteiger partial charge on any atom is 0.223 e. The molecule has 4 N–H and O–H groups in total. The molecular weight excluding hydrogens is 430 g/mol. The predicted molar refractivity (Wildman–Crippen MR) is 130 cm³/mol. The van der Waals surface area contributed by atoms with Crippen molar-refractivity contribution in [2.24, 2.45) is 0 Å². The summed E-state index contributed by atoms with van der Waals surface area (Å²) in [6.45, 7) is 2.19. The fourth-order valence-electron chi connectivity index (χ4n) is 3.97. The van der Waals surface area contributed by atoms with Gasteiger partial charge in [0.15, 0.2) is 0 Å². The molecule has 1 atom stereocenters. The Hall–Kier alpha value is -4.08. The van der Waals surface area contributed by atoms with E-state index in [0.29, 0.717) is 23.9 Å². The normalized spacial score (nSPS) is 13.2. The number of rotatable bonds is 7. The first-order chi connectivity index (χ1) is 16.5. The lowest BCUT2D eigenvalue weighted by Gasteiger charge is -2.24. The van der Waals surface area contributed by atoms with Crippen molar-refractivity contribution < 1.29 is 10.2 Å². The van der Waals surface area contributed by atoms with Crippen LogP contribution in [0, 0.1) is 0 Å². The molecule has 0 saturated carbocycles. The Labute approximate surface area is 196 Å². The summed E-state index contributed by atoms with van der Waals surface area (Å²) in [7, 11) is 1.75. The SMILES string of the molecule is CNc1nc(-c2c[nH]c3ncc(-c4cnn(CCO)c4)cc23)cc(C(C)(O)c2ccccc2)n1. The van der Waals surface area contributed by atoms with E-state index in [4.69, 9.17) is 5.11 Å². The first-order valence-corrected chi connectivity index (χ1v) is 11.0. The van der Waals surface area contributed by atoms with Gasteiger partial charge in [0.05, 0.1) is 30.7 Å². The molecule has 0 radical (unpaired) electrons. The molecule has 1 aromatic carbocycles. The van der Waals surface area contributed by atoms with Crippen molar-refractivity contribution in [1.29, 1.82) is 0 Å². The average molecular weight is 456 g/mol. The number of aromatic nitrogens is 6. The largest absolute Gasteiger partial charge is 0.394 e. The van der Waals surface area contributed by atoms with Gasteiger partial charge < -0.3 is 20.5 Å². The Bertz CT molecular complexity index is 1440. The first kappa shape index (κ1) is 21.7. The number of pyridine rings is 1. The van der Waals surface area contributed by atoms with Crippen molar-refractivity contribution in [3.63, 3.8) is 0 Å². The second kappa shape index (κ2) is 8.69. The molecule has 5 rings (SSSR count). The lowest BCUT2D eigenvalue weighted by molar-refractivity contribution is 0.0974. The van der Waals surface area contributed by atoms with Crippen molar-refractivity contribution >= 4 is 17.0 Å². The third kappa shape index (κ3) is 3.91. The van der Waals surface area contributed by atoms with Crippen molar-refractivity contribution in [2.45, 2.75) is 19.1 Å². The van der Waals surface area contributed by atoms with Gasteiger partial charge in [0, 0.05) is 47.7 Å². The number of aliphatic hydroxyl groups is 2. The van der Waals surface area contributed by atoms with Crippen LogP contribution >= 0.6 is 0 Å². The molecule has 34 heavy (non-hydrogen) atoms. The van der Waals surface area contributed by atoms with Crippen molar-refractivity contribution in [3.8, 4) is 22.4 Å². The quantitative estimate of drug-likeness (QED) is 0.297. The molecule has 5 aromatic rings. The number of aromatic amines is 1. The standard InChI is InChI=1S/C25H25N7O2/c1-25(34,18-6-4-3-5-7-18)22-11-21(30-24(26-2)31-22)20-14-28-23-19(20)10-16(12-27-23)17-13-29-32(15-17)8-9-33/h3-7,10-15,33-34H,8-9H2,1-2H3,(H,27,28)(H,26,30,31). The van der Waals surface area contributed by atoms with Crippen LogP contribution in [0.25, 0.3) is 33.4 Å². The van der Waals surface area contributed by atoms with E-state index in [-0.39, 0.29) is 6.61 Å². The molecule has 0 fully saturated rings. The maximum absolute atomic E-state index is 11.4. The van der Waals surface area contributed by atoms with E-state index in [0.717, 1.165) is 33.3 Å². The van der Waals surface area contributed by atoms with Gasteiger partial charge in [0.1, 0.15) is 11.2 Å².